The van der Waals surface area contributed by atoms with E-state index in [0.29, 0.717) is 0 Å². The lowest BCUT2D eigenvalue weighted by molar-refractivity contribution is 0.0956. The van der Waals surface area contributed by atoms with Crippen molar-refractivity contribution >= 4 is 0 Å². The number of aromatic nitrogens is 6. The van der Waals surface area contributed by atoms with Crippen LogP contribution in [0, 0.1) is 0 Å². The van der Waals surface area contributed by atoms with Gasteiger partial charge in [-0.05, 0) is 12.1 Å². The van der Waals surface area contributed by atoms with Gasteiger partial charge < -0.3 is 4.74 Å². The van der Waals surface area contributed by atoms with E-state index in [0.717, 1.165) is 36.7 Å². The molecule has 0 amide bonds. The van der Waals surface area contributed by atoms with E-state index in [1.54, 1.807) is 18.1 Å². The Bertz CT molecular complexity index is 771. The molecule has 0 unspecified atom stereocenters. The maximum Gasteiger partial charge on any atom is 0.0971 e. The molecule has 3 heterocycles. The number of likely N-dealkylation sites (tertiary alicyclic amines) is 1. The molecule has 0 aliphatic carbocycles. The first-order chi connectivity index (χ1) is 11.8. The molecule has 1 N–H and O–H groups in total. The van der Waals surface area contributed by atoms with Crippen LogP contribution in [0.1, 0.15) is 17.3 Å². The number of rotatable bonds is 5. The molecule has 24 heavy (non-hydrogen) atoms. The molecule has 8 nitrogen and oxygen atoms in total. The molecule has 2 aromatic heterocycles. The zero-order chi connectivity index (χ0) is 16.4. The molecule has 0 bridgehead atoms. The van der Waals surface area contributed by atoms with Gasteiger partial charge in [0.1, 0.15) is 0 Å². The number of para-hydroxylation sites is 1. The van der Waals surface area contributed by atoms with Crippen LogP contribution in [0.3, 0.4) is 0 Å². The van der Waals surface area contributed by atoms with Crippen LogP contribution in [0.15, 0.2) is 42.7 Å². The van der Waals surface area contributed by atoms with Crippen LogP contribution in [-0.4, -0.2) is 61.6 Å². The van der Waals surface area contributed by atoms with E-state index in [2.05, 4.69) is 30.5 Å². The lowest BCUT2D eigenvalue weighted by Gasteiger charge is -2.13. The van der Waals surface area contributed by atoms with Crippen molar-refractivity contribution in [3.63, 3.8) is 0 Å². The van der Waals surface area contributed by atoms with Gasteiger partial charge in [0.05, 0.1) is 35.6 Å². The number of hydrogen-bond donors (Lipinski definition) is 1. The van der Waals surface area contributed by atoms with E-state index < -0.39 is 0 Å². The number of ether oxygens (including phenoxy) is 1. The minimum Gasteiger partial charge on any atom is -0.379 e. The molecule has 1 aromatic carbocycles. The Labute approximate surface area is 139 Å². The predicted octanol–water partition coefficient (Wildman–Crippen LogP) is 1.000. The van der Waals surface area contributed by atoms with Gasteiger partial charge in [0.2, 0.25) is 0 Å². The van der Waals surface area contributed by atoms with E-state index in [1.807, 2.05) is 36.5 Å². The van der Waals surface area contributed by atoms with Crippen LogP contribution in [0.4, 0.5) is 0 Å². The number of nitrogens with zero attached hydrogens (tertiary/aromatic N) is 6. The number of H-pyrrole nitrogens is 1. The van der Waals surface area contributed by atoms with E-state index >= 15 is 0 Å². The maximum atomic E-state index is 5.63. The first kappa shape index (κ1) is 15.0. The van der Waals surface area contributed by atoms with Gasteiger partial charge in [0.25, 0.3) is 0 Å². The first-order valence-electron chi connectivity index (χ1n) is 7.91. The highest BCUT2D eigenvalue weighted by Gasteiger charge is 2.35. The maximum absolute atomic E-state index is 5.63. The zero-order valence-electron chi connectivity index (χ0n) is 13.4. The minimum atomic E-state index is 0.110. The molecule has 1 aliphatic rings. The molecule has 1 fully saturated rings. The van der Waals surface area contributed by atoms with E-state index in [9.17, 15) is 0 Å². The van der Waals surface area contributed by atoms with Gasteiger partial charge in [-0.25, -0.2) is 0 Å². The summed E-state index contributed by atoms with van der Waals surface area (Å²) < 4.78 is 5.63. The largest absolute Gasteiger partial charge is 0.379 e. The van der Waals surface area contributed by atoms with Crippen molar-refractivity contribution in [3.8, 4) is 5.69 Å². The summed E-state index contributed by atoms with van der Waals surface area (Å²) >= 11 is 0. The average molecular weight is 325 g/mol. The fourth-order valence-corrected chi connectivity index (χ4v) is 3.17. The normalized spacial score (nSPS) is 21.4. The summed E-state index contributed by atoms with van der Waals surface area (Å²) in [6.45, 7) is 2.44. The Balaban J connectivity index is 1.46. The molecule has 1 aliphatic heterocycles. The zero-order valence-corrected chi connectivity index (χ0v) is 13.4. The van der Waals surface area contributed by atoms with Gasteiger partial charge in [-0.15, -0.1) is 0 Å². The topological polar surface area (TPSA) is 84.8 Å². The predicted molar refractivity (Wildman–Crippen MR) is 86.6 cm³/mol. The lowest BCUT2D eigenvalue weighted by atomic mass is 10.0. The fraction of sp³-hybridized carbons (Fsp3) is 0.375. The van der Waals surface area contributed by atoms with Crippen molar-refractivity contribution in [3.05, 3.63) is 54.1 Å². The molecule has 3 aromatic rings. The molecule has 8 heteroatoms. The first-order valence-corrected chi connectivity index (χ1v) is 7.91. The Morgan fingerprint density at radius 1 is 1.21 bits per heavy atom. The van der Waals surface area contributed by atoms with Gasteiger partial charge in [-0.2, -0.15) is 30.4 Å². The lowest BCUT2D eigenvalue weighted by Crippen LogP contribution is -2.22. The van der Waals surface area contributed by atoms with Crippen molar-refractivity contribution in [2.24, 2.45) is 0 Å². The second kappa shape index (κ2) is 6.50. The number of aromatic amines is 1. The molecule has 4 rings (SSSR count). The third-order valence-electron chi connectivity index (χ3n) is 4.37. The highest BCUT2D eigenvalue weighted by Crippen LogP contribution is 2.28. The van der Waals surface area contributed by atoms with Crippen LogP contribution in [0.2, 0.25) is 0 Å². The van der Waals surface area contributed by atoms with Crippen LogP contribution >= 0.6 is 0 Å². The van der Waals surface area contributed by atoms with Gasteiger partial charge in [0.15, 0.2) is 0 Å². The molecule has 0 spiro atoms. The minimum absolute atomic E-state index is 0.110. The summed E-state index contributed by atoms with van der Waals surface area (Å²) in [5.74, 6) is 0.220. The molecule has 0 saturated carbocycles. The Morgan fingerprint density at radius 2 is 2.08 bits per heavy atom. The molecular weight excluding hydrogens is 306 g/mol. The van der Waals surface area contributed by atoms with Crippen LogP contribution in [-0.2, 0) is 11.3 Å². The van der Waals surface area contributed by atoms with E-state index in [4.69, 9.17) is 4.74 Å². The number of hydrogen-bond acceptors (Lipinski definition) is 6. The summed E-state index contributed by atoms with van der Waals surface area (Å²) in [7, 11) is 1.74. The van der Waals surface area contributed by atoms with Crippen LogP contribution in [0.5, 0.6) is 0 Å². The monoisotopic (exact) mass is 325 g/mol. The fourth-order valence-electron chi connectivity index (χ4n) is 3.17. The standard InChI is InChI=1S/C16H19N7O/c1-24-16-11-22(10-14(16)15-8-17-21-19-15)9-12-7-18-23(20-12)13-5-3-2-4-6-13/h2-8,14,16H,9-11H2,1H3,(H,17,19,21)/t14-,16+/m0/s1. The molecule has 1 saturated heterocycles. The van der Waals surface area contributed by atoms with Crippen molar-refractivity contribution < 1.29 is 4.74 Å². The highest BCUT2D eigenvalue weighted by molar-refractivity contribution is 5.28. The van der Waals surface area contributed by atoms with Crippen LogP contribution < -0.4 is 0 Å². The van der Waals surface area contributed by atoms with Gasteiger partial charge >= 0.3 is 0 Å². The summed E-state index contributed by atoms with van der Waals surface area (Å²) in [5.41, 5.74) is 2.84. The second-order valence-corrected chi connectivity index (χ2v) is 5.93. The number of methoxy groups -OCH3 is 1. The quantitative estimate of drug-likeness (QED) is 0.753. The molecular formula is C16H19N7O. The molecule has 0 radical (unpaired) electrons. The van der Waals surface area contributed by atoms with E-state index in [-0.39, 0.29) is 12.0 Å². The SMILES string of the molecule is CO[C@@H]1CN(Cc2cnn(-c3ccccc3)n2)C[C@H]1c1cn[nH]n1. The molecule has 124 valence electrons. The van der Waals surface area contributed by atoms with Crippen LogP contribution in [0.25, 0.3) is 5.69 Å². The Hall–Kier alpha value is -2.58. The van der Waals surface area contributed by atoms with Crippen molar-refractivity contribution in [2.75, 3.05) is 20.2 Å². The third kappa shape index (κ3) is 2.93. The third-order valence-corrected chi connectivity index (χ3v) is 4.37. The van der Waals surface area contributed by atoms with Gasteiger partial charge in [0, 0.05) is 32.7 Å². The van der Waals surface area contributed by atoms with Gasteiger partial charge in [-0.3, -0.25) is 4.90 Å². The van der Waals surface area contributed by atoms with Gasteiger partial charge in [-0.1, -0.05) is 18.2 Å². The Kier molecular flexibility index (Phi) is 4.06. The van der Waals surface area contributed by atoms with E-state index in [1.165, 1.54) is 0 Å². The smallest absolute Gasteiger partial charge is 0.0971 e. The second-order valence-electron chi connectivity index (χ2n) is 5.93. The highest BCUT2D eigenvalue weighted by atomic mass is 16.5. The van der Waals surface area contributed by atoms with Crippen molar-refractivity contribution in [1.29, 1.82) is 0 Å². The summed E-state index contributed by atoms with van der Waals surface area (Å²) in [6.07, 6.45) is 3.70. The number of nitrogens with one attached hydrogen (secondary N) is 1. The number of benzene rings is 1. The summed E-state index contributed by atoms with van der Waals surface area (Å²) in [5, 5.41) is 19.7. The summed E-state index contributed by atoms with van der Waals surface area (Å²) in [6, 6.07) is 9.91. The average Bonchev–Trinajstić information content (AvgIpc) is 3.36. The van der Waals surface area contributed by atoms with Crippen molar-refractivity contribution in [2.45, 2.75) is 18.6 Å². The molecule has 2 atom stereocenters. The van der Waals surface area contributed by atoms with Crippen molar-refractivity contribution in [1.82, 2.24) is 35.3 Å². The summed E-state index contributed by atoms with van der Waals surface area (Å²) in [4.78, 5) is 3.97. The Morgan fingerprint density at radius 3 is 2.83 bits per heavy atom.